The summed E-state index contributed by atoms with van der Waals surface area (Å²) in [7, 11) is 0. The second-order valence-corrected chi connectivity index (χ2v) is 7.63. The highest BCUT2D eigenvalue weighted by molar-refractivity contribution is 4.97. The predicted molar refractivity (Wildman–Crippen MR) is 74.2 cm³/mol. The first-order valence-corrected chi connectivity index (χ1v) is 7.29. The zero-order valence-corrected chi connectivity index (χ0v) is 12.3. The largest absolute Gasteiger partial charge is 0.314 e. The van der Waals surface area contributed by atoms with E-state index in [0.717, 1.165) is 25.0 Å². The molecular weight excluding hydrogens is 208 g/mol. The van der Waals surface area contributed by atoms with Crippen molar-refractivity contribution in [3.8, 4) is 0 Å². The zero-order valence-electron chi connectivity index (χ0n) is 12.3. The van der Waals surface area contributed by atoms with Crippen LogP contribution in [-0.2, 0) is 0 Å². The summed E-state index contributed by atoms with van der Waals surface area (Å²) in [5, 5.41) is 3.53. The summed E-state index contributed by atoms with van der Waals surface area (Å²) < 4.78 is 0. The van der Waals surface area contributed by atoms with E-state index in [4.69, 9.17) is 0 Å². The Labute approximate surface area is 107 Å². The van der Waals surface area contributed by atoms with Crippen molar-refractivity contribution in [3.05, 3.63) is 0 Å². The summed E-state index contributed by atoms with van der Waals surface area (Å²) >= 11 is 0. The number of hydrogen-bond donors (Lipinski definition) is 1. The van der Waals surface area contributed by atoms with E-state index in [1.165, 1.54) is 25.8 Å². The van der Waals surface area contributed by atoms with Gasteiger partial charge < -0.3 is 5.32 Å². The highest BCUT2D eigenvalue weighted by Crippen LogP contribution is 2.42. The molecule has 0 aromatic heterocycles. The summed E-state index contributed by atoms with van der Waals surface area (Å²) in [6.45, 7) is 15.6. The highest BCUT2D eigenvalue weighted by Gasteiger charge is 2.41. The lowest BCUT2D eigenvalue weighted by molar-refractivity contribution is -0.0161. The first kappa shape index (κ1) is 13.4. The topological polar surface area (TPSA) is 15.3 Å². The standard InChI is InChI=1S/C15H30N2/c1-12-10-14(2,3)7-6-13(12)17-9-8-16-11-15(17,4)5/h12-13,16H,6-11H2,1-5H3. The third kappa shape index (κ3) is 2.85. The number of piperazine rings is 1. The van der Waals surface area contributed by atoms with Crippen LogP contribution in [0.2, 0.25) is 0 Å². The van der Waals surface area contributed by atoms with Gasteiger partial charge in [-0.25, -0.2) is 0 Å². The first-order valence-electron chi connectivity index (χ1n) is 7.29. The lowest BCUT2D eigenvalue weighted by atomic mass is 9.69. The van der Waals surface area contributed by atoms with Crippen LogP contribution in [0.15, 0.2) is 0 Å². The summed E-state index contributed by atoms with van der Waals surface area (Å²) in [4.78, 5) is 2.78. The summed E-state index contributed by atoms with van der Waals surface area (Å²) in [6.07, 6.45) is 4.16. The first-order chi connectivity index (χ1) is 7.82. The number of rotatable bonds is 1. The molecule has 2 unspecified atom stereocenters. The monoisotopic (exact) mass is 238 g/mol. The molecule has 1 heterocycles. The highest BCUT2D eigenvalue weighted by atomic mass is 15.3. The van der Waals surface area contributed by atoms with Crippen LogP contribution in [0.3, 0.4) is 0 Å². The normalized spacial score (nSPS) is 37.9. The van der Waals surface area contributed by atoms with E-state index in [2.05, 4.69) is 44.8 Å². The van der Waals surface area contributed by atoms with Gasteiger partial charge in [0.1, 0.15) is 0 Å². The number of nitrogens with one attached hydrogen (secondary N) is 1. The van der Waals surface area contributed by atoms with E-state index in [-0.39, 0.29) is 0 Å². The lowest BCUT2D eigenvalue weighted by Crippen LogP contribution is -2.63. The van der Waals surface area contributed by atoms with Crippen LogP contribution < -0.4 is 5.32 Å². The number of hydrogen-bond acceptors (Lipinski definition) is 2. The van der Waals surface area contributed by atoms with Gasteiger partial charge in [0.25, 0.3) is 0 Å². The Morgan fingerprint density at radius 1 is 1.18 bits per heavy atom. The Kier molecular flexibility index (Phi) is 3.57. The molecule has 1 aliphatic heterocycles. The van der Waals surface area contributed by atoms with Crippen molar-refractivity contribution in [1.82, 2.24) is 10.2 Å². The fourth-order valence-corrected chi connectivity index (χ4v) is 4.01. The smallest absolute Gasteiger partial charge is 0.0281 e. The van der Waals surface area contributed by atoms with E-state index in [0.29, 0.717) is 11.0 Å². The molecule has 100 valence electrons. The van der Waals surface area contributed by atoms with Crippen LogP contribution in [0.1, 0.15) is 53.9 Å². The molecule has 0 radical (unpaired) electrons. The molecule has 1 saturated heterocycles. The minimum atomic E-state index is 0.332. The van der Waals surface area contributed by atoms with Gasteiger partial charge in [-0.15, -0.1) is 0 Å². The molecule has 2 fully saturated rings. The van der Waals surface area contributed by atoms with Crippen molar-refractivity contribution in [1.29, 1.82) is 0 Å². The molecule has 2 nitrogen and oxygen atoms in total. The van der Waals surface area contributed by atoms with E-state index < -0.39 is 0 Å². The Morgan fingerprint density at radius 2 is 1.88 bits per heavy atom. The SMILES string of the molecule is CC1CC(C)(C)CCC1N1CCNCC1(C)C. The van der Waals surface area contributed by atoms with Crippen LogP contribution in [0.25, 0.3) is 0 Å². The third-order valence-electron chi connectivity index (χ3n) is 4.91. The molecule has 2 aliphatic rings. The van der Waals surface area contributed by atoms with Gasteiger partial charge in [-0.05, 0) is 44.4 Å². The number of nitrogens with zero attached hydrogens (tertiary/aromatic N) is 1. The molecule has 2 rings (SSSR count). The molecule has 1 aliphatic carbocycles. The van der Waals surface area contributed by atoms with E-state index in [1.807, 2.05) is 0 Å². The lowest BCUT2D eigenvalue weighted by Gasteiger charge is -2.52. The summed E-state index contributed by atoms with van der Waals surface area (Å²) in [6, 6.07) is 0.806. The van der Waals surface area contributed by atoms with Gasteiger partial charge in [0.05, 0.1) is 0 Å². The van der Waals surface area contributed by atoms with E-state index in [9.17, 15) is 0 Å². The van der Waals surface area contributed by atoms with E-state index >= 15 is 0 Å². The maximum absolute atomic E-state index is 3.53. The molecule has 2 heteroatoms. The fourth-order valence-electron chi connectivity index (χ4n) is 4.01. The Bertz CT molecular complexity index is 270. The second kappa shape index (κ2) is 4.55. The molecular formula is C15H30N2. The molecule has 0 spiro atoms. The second-order valence-electron chi connectivity index (χ2n) is 7.63. The average molecular weight is 238 g/mol. The van der Waals surface area contributed by atoms with E-state index in [1.54, 1.807) is 0 Å². The van der Waals surface area contributed by atoms with Crippen LogP contribution in [0, 0.1) is 11.3 Å². The van der Waals surface area contributed by atoms with Crippen molar-refractivity contribution in [2.75, 3.05) is 19.6 Å². The van der Waals surface area contributed by atoms with Crippen molar-refractivity contribution in [2.45, 2.75) is 65.5 Å². The molecule has 2 atom stereocenters. The molecule has 0 aromatic carbocycles. The Balaban J connectivity index is 2.07. The Morgan fingerprint density at radius 3 is 2.47 bits per heavy atom. The molecule has 17 heavy (non-hydrogen) atoms. The van der Waals surface area contributed by atoms with Gasteiger partial charge in [0.15, 0.2) is 0 Å². The van der Waals surface area contributed by atoms with Crippen molar-refractivity contribution < 1.29 is 0 Å². The average Bonchev–Trinajstić information content (AvgIpc) is 2.18. The maximum Gasteiger partial charge on any atom is 0.0281 e. The minimum Gasteiger partial charge on any atom is -0.314 e. The summed E-state index contributed by atoms with van der Waals surface area (Å²) in [5.74, 6) is 0.844. The molecule has 1 N–H and O–H groups in total. The van der Waals surface area contributed by atoms with Crippen LogP contribution in [-0.4, -0.2) is 36.1 Å². The minimum absolute atomic E-state index is 0.332. The van der Waals surface area contributed by atoms with Gasteiger partial charge in [-0.1, -0.05) is 20.8 Å². The molecule has 0 bridgehead atoms. The van der Waals surface area contributed by atoms with Crippen LogP contribution >= 0.6 is 0 Å². The molecule has 0 aromatic rings. The third-order valence-corrected chi connectivity index (χ3v) is 4.91. The van der Waals surface area contributed by atoms with Crippen LogP contribution in [0.5, 0.6) is 0 Å². The molecule has 0 amide bonds. The van der Waals surface area contributed by atoms with Gasteiger partial charge in [0, 0.05) is 31.2 Å². The molecule has 1 saturated carbocycles. The van der Waals surface area contributed by atoms with Crippen molar-refractivity contribution in [3.63, 3.8) is 0 Å². The van der Waals surface area contributed by atoms with Crippen LogP contribution in [0.4, 0.5) is 0 Å². The van der Waals surface area contributed by atoms with Gasteiger partial charge in [0.2, 0.25) is 0 Å². The summed E-state index contributed by atoms with van der Waals surface area (Å²) in [5.41, 5.74) is 0.896. The Hall–Kier alpha value is -0.0800. The fraction of sp³-hybridized carbons (Fsp3) is 1.00. The van der Waals surface area contributed by atoms with Crippen molar-refractivity contribution >= 4 is 0 Å². The van der Waals surface area contributed by atoms with Gasteiger partial charge in [-0.3, -0.25) is 4.90 Å². The van der Waals surface area contributed by atoms with Crippen molar-refractivity contribution in [2.24, 2.45) is 11.3 Å². The maximum atomic E-state index is 3.53. The van der Waals surface area contributed by atoms with Gasteiger partial charge >= 0.3 is 0 Å². The van der Waals surface area contributed by atoms with Gasteiger partial charge in [-0.2, -0.15) is 0 Å². The predicted octanol–water partition coefficient (Wildman–Crippen LogP) is 2.89. The zero-order chi connectivity index (χ0) is 12.7. The quantitative estimate of drug-likeness (QED) is 0.755.